The summed E-state index contributed by atoms with van der Waals surface area (Å²) in [6, 6.07) is 10.6. The molecule has 0 radical (unpaired) electrons. The van der Waals surface area contributed by atoms with Crippen LogP contribution in [0.5, 0.6) is 5.75 Å². The van der Waals surface area contributed by atoms with Gasteiger partial charge in [0.1, 0.15) is 24.0 Å². The number of ether oxygens (including phenoxy) is 1. The molecule has 0 aromatic heterocycles. The van der Waals surface area contributed by atoms with E-state index < -0.39 is 5.54 Å². The second kappa shape index (κ2) is 8.39. The Balaban J connectivity index is 1.51. The lowest BCUT2D eigenvalue weighted by Crippen LogP contribution is -2.29. The molecule has 154 valence electrons. The molecule has 2 aromatic carbocycles. The summed E-state index contributed by atoms with van der Waals surface area (Å²) in [7, 11) is 0. The van der Waals surface area contributed by atoms with Crippen LogP contribution in [0.3, 0.4) is 0 Å². The van der Waals surface area contributed by atoms with Gasteiger partial charge < -0.3 is 9.84 Å². The van der Waals surface area contributed by atoms with E-state index in [9.17, 15) is 13.9 Å². The van der Waals surface area contributed by atoms with E-state index >= 15 is 0 Å². The molecule has 2 atom stereocenters. The molecule has 2 aromatic rings. The van der Waals surface area contributed by atoms with E-state index in [-0.39, 0.29) is 24.2 Å². The van der Waals surface area contributed by atoms with Crippen molar-refractivity contribution in [1.82, 2.24) is 0 Å². The SMILES string of the molecule is CC1(COc2cccc(F)c2)CC2C/C=C(/c3ccc(F)cc3CO)C=C=CC2=N1. The second-order valence-electron chi connectivity index (χ2n) is 7.99. The monoisotopic (exact) mass is 407 g/mol. The first kappa shape index (κ1) is 20.3. The lowest BCUT2D eigenvalue weighted by Gasteiger charge is -2.22. The van der Waals surface area contributed by atoms with Crippen LogP contribution in [0.25, 0.3) is 5.57 Å². The summed E-state index contributed by atoms with van der Waals surface area (Å²) in [5, 5.41) is 9.60. The largest absolute Gasteiger partial charge is 0.491 e. The predicted molar refractivity (Wildman–Crippen MR) is 113 cm³/mol. The van der Waals surface area contributed by atoms with Gasteiger partial charge in [-0.1, -0.05) is 18.2 Å². The third-order valence-corrected chi connectivity index (χ3v) is 5.49. The van der Waals surface area contributed by atoms with Crippen molar-refractivity contribution in [2.75, 3.05) is 6.61 Å². The Bertz CT molecular complexity index is 1080. The molecule has 0 amide bonds. The summed E-state index contributed by atoms with van der Waals surface area (Å²) in [5.41, 5.74) is 5.99. The van der Waals surface area contributed by atoms with Gasteiger partial charge in [0, 0.05) is 23.8 Å². The molecule has 2 aliphatic rings. The highest BCUT2D eigenvalue weighted by Crippen LogP contribution is 2.35. The minimum absolute atomic E-state index is 0.209. The molecule has 0 fully saturated rings. The van der Waals surface area contributed by atoms with Gasteiger partial charge in [-0.25, -0.2) is 8.78 Å². The molecule has 4 rings (SSSR count). The van der Waals surface area contributed by atoms with Crippen LogP contribution in [0.15, 0.2) is 71.4 Å². The molecule has 0 spiro atoms. The Morgan fingerprint density at radius 3 is 2.80 bits per heavy atom. The Kier molecular flexibility index (Phi) is 5.67. The number of fused-ring (bicyclic) bond motifs is 1. The van der Waals surface area contributed by atoms with Crippen LogP contribution in [0.1, 0.15) is 30.9 Å². The molecule has 0 bridgehead atoms. The first-order valence-electron chi connectivity index (χ1n) is 9.96. The highest BCUT2D eigenvalue weighted by atomic mass is 19.1. The molecular formula is C25H23F2NO2. The van der Waals surface area contributed by atoms with Crippen LogP contribution in [-0.2, 0) is 6.61 Å². The third-order valence-electron chi connectivity index (χ3n) is 5.49. The molecule has 1 N–H and O–H groups in total. The minimum atomic E-state index is -0.408. The maximum Gasteiger partial charge on any atom is 0.126 e. The summed E-state index contributed by atoms with van der Waals surface area (Å²) in [5.74, 6) is 0.00499. The van der Waals surface area contributed by atoms with Gasteiger partial charge in [0.2, 0.25) is 0 Å². The summed E-state index contributed by atoms with van der Waals surface area (Å²) < 4.78 is 32.7. The normalized spacial score (nSPS) is 24.5. The predicted octanol–water partition coefficient (Wildman–Crippen LogP) is 5.25. The standard InChI is InChI=1S/C25H23F2NO2/c1-25(16-30-22-6-3-5-20(26)13-22)14-18-9-8-17(4-2-7-24(18)28-25)23-11-10-21(27)12-19(23)15-29/h3-8,10-13,18,29H,9,14-16H2,1H3/b17-8+. The van der Waals surface area contributed by atoms with Crippen molar-refractivity contribution >= 4 is 11.3 Å². The molecule has 1 heterocycles. The van der Waals surface area contributed by atoms with Gasteiger partial charge >= 0.3 is 0 Å². The second-order valence-corrected chi connectivity index (χ2v) is 7.99. The minimum Gasteiger partial charge on any atom is -0.491 e. The molecular weight excluding hydrogens is 384 g/mol. The molecule has 1 aliphatic carbocycles. The van der Waals surface area contributed by atoms with Crippen LogP contribution < -0.4 is 4.74 Å². The Morgan fingerprint density at radius 1 is 1.17 bits per heavy atom. The summed E-state index contributed by atoms with van der Waals surface area (Å²) in [6.45, 7) is 2.17. The van der Waals surface area contributed by atoms with Gasteiger partial charge in [-0.2, -0.15) is 0 Å². The Hall–Kier alpha value is -3.01. The van der Waals surface area contributed by atoms with Crippen molar-refractivity contribution in [3.63, 3.8) is 0 Å². The lowest BCUT2D eigenvalue weighted by molar-refractivity contribution is 0.223. The number of aliphatic hydroxyl groups excluding tert-OH is 1. The average Bonchev–Trinajstić information content (AvgIpc) is 3.03. The van der Waals surface area contributed by atoms with Crippen LogP contribution in [0.4, 0.5) is 8.78 Å². The fraction of sp³-hybridized carbons (Fsp3) is 0.280. The highest BCUT2D eigenvalue weighted by molar-refractivity contribution is 5.99. The maximum atomic E-state index is 13.5. The Morgan fingerprint density at radius 2 is 2.00 bits per heavy atom. The Labute approximate surface area is 174 Å². The van der Waals surface area contributed by atoms with Crippen molar-refractivity contribution in [1.29, 1.82) is 0 Å². The van der Waals surface area contributed by atoms with Crippen LogP contribution in [0, 0.1) is 17.6 Å². The molecule has 2 unspecified atom stereocenters. The van der Waals surface area contributed by atoms with Gasteiger partial charge in [-0.3, -0.25) is 4.99 Å². The van der Waals surface area contributed by atoms with Gasteiger partial charge in [-0.15, -0.1) is 5.73 Å². The first-order chi connectivity index (χ1) is 14.5. The van der Waals surface area contributed by atoms with E-state index in [2.05, 4.69) is 11.8 Å². The number of allylic oxidation sites excluding steroid dienone is 3. The fourth-order valence-electron chi connectivity index (χ4n) is 4.03. The summed E-state index contributed by atoms with van der Waals surface area (Å²) >= 11 is 0. The number of aliphatic imine (C=N–C) groups is 1. The maximum absolute atomic E-state index is 13.5. The van der Waals surface area contributed by atoms with Crippen LogP contribution in [-0.4, -0.2) is 23.0 Å². The number of benzene rings is 2. The topological polar surface area (TPSA) is 41.8 Å². The molecule has 1 aliphatic heterocycles. The number of nitrogens with zero attached hydrogens (tertiary/aromatic N) is 1. The van der Waals surface area contributed by atoms with Gasteiger partial charge in [-0.05, 0) is 66.8 Å². The molecule has 5 heteroatoms. The van der Waals surface area contributed by atoms with Crippen molar-refractivity contribution in [3.8, 4) is 5.75 Å². The van der Waals surface area contributed by atoms with Crippen LogP contribution >= 0.6 is 0 Å². The van der Waals surface area contributed by atoms with E-state index in [0.717, 1.165) is 29.7 Å². The highest BCUT2D eigenvalue weighted by Gasteiger charge is 2.36. The fourth-order valence-corrected chi connectivity index (χ4v) is 4.03. The van der Waals surface area contributed by atoms with E-state index in [0.29, 0.717) is 17.9 Å². The molecule has 30 heavy (non-hydrogen) atoms. The summed E-state index contributed by atoms with van der Waals surface area (Å²) in [4.78, 5) is 4.87. The number of aliphatic hydroxyl groups is 1. The quantitative estimate of drug-likeness (QED) is 0.688. The van der Waals surface area contributed by atoms with Gasteiger partial charge in [0.05, 0.1) is 12.1 Å². The molecule has 0 saturated carbocycles. The molecule has 3 nitrogen and oxygen atoms in total. The number of hydrogen-bond donors (Lipinski definition) is 1. The number of halogens is 2. The average molecular weight is 407 g/mol. The van der Waals surface area contributed by atoms with Crippen LogP contribution in [0.2, 0.25) is 0 Å². The summed E-state index contributed by atoms with van der Waals surface area (Å²) in [6.07, 6.45) is 7.37. The first-order valence-corrected chi connectivity index (χ1v) is 9.96. The van der Waals surface area contributed by atoms with E-state index in [1.165, 1.54) is 24.3 Å². The molecule has 0 saturated heterocycles. The third kappa shape index (κ3) is 4.43. The van der Waals surface area contributed by atoms with Crippen molar-refractivity contribution < 1.29 is 18.6 Å². The van der Waals surface area contributed by atoms with Gasteiger partial charge in [0.25, 0.3) is 0 Å². The van der Waals surface area contributed by atoms with Gasteiger partial charge in [0.15, 0.2) is 0 Å². The van der Waals surface area contributed by atoms with Crippen molar-refractivity contribution in [2.45, 2.75) is 31.9 Å². The van der Waals surface area contributed by atoms with E-state index in [4.69, 9.17) is 9.73 Å². The number of rotatable bonds is 5. The van der Waals surface area contributed by atoms with Crippen molar-refractivity contribution in [3.05, 3.63) is 89.2 Å². The zero-order valence-electron chi connectivity index (χ0n) is 16.7. The zero-order chi connectivity index (χ0) is 21.1. The number of hydrogen-bond acceptors (Lipinski definition) is 3. The zero-order valence-corrected chi connectivity index (χ0v) is 16.7. The van der Waals surface area contributed by atoms with E-state index in [1.807, 2.05) is 19.1 Å². The smallest absolute Gasteiger partial charge is 0.126 e. The van der Waals surface area contributed by atoms with Crippen molar-refractivity contribution in [2.24, 2.45) is 10.9 Å². The van der Waals surface area contributed by atoms with E-state index in [1.54, 1.807) is 18.2 Å². The lowest BCUT2D eigenvalue weighted by atomic mass is 9.87.